The van der Waals surface area contributed by atoms with Crippen molar-refractivity contribution in [3.8, 4) is 11.5 Å². The summed E-state index contributed by atoms with van der Waals surface area (Å²) in [7, 11) is 0. The number of aromatic nitrogens is 5. The van der Waals surface area contributed by atoms with Crippen LogP contribution in [0.1, 0.15) is 43.8 Å². The van der Waals surface area contributed by atoms with Crippen LogP contribution in [0, 0.1) is 5.82 Å². The fourth-order valence-corrected chi connectivity index (χ4v) is 4.50. The highest BCUT2D eigenvalue weighted by molar-refractivity contribution is 5.76. The molecule has 1 fully saturated rings. The third-order valence-corrected chi connectivity index (χ3v) is 6.31. The number of hydrogen-bond acceptors (Lipinski definition) is 6. The number of imidazole rings is 1. The summed E-state index contributed by atoms with van der Waals surface area (Å²) in [6.45, 7) is 5.03. The molecule has 5 rings (SSSR count). The largest absolute Gasteiger partial charge is 0.415 e. The number of likely N-dealkylation sites (tertiary alicyclic amines) is 1. The van der Waals surface area contributed by atoms with E-state index in [1.165, 1.54) is 18.3 Å². The Bertz CT molecular complexity index is 1350. The fraction of sp³-hybridized carbons (Fsp3) is 0.391. The molecule has 34 heavy (non-hydrogen) atoms. The molecule has 0 saturated carbocycles. The number of rotatable bonds is 6. The van der Waals surface area contributed by atoms with Gasteiger partial charge in [0.15, 0.2) is 0 Å². The van der Waals surface area contributed by atoms with E-state index in [1.807, 2.05) is 0 Å². The molecule has 11 heteroatoms. The van der Waals surface area contributed by atoms with Crippen LogP contribution in [0.4, 0.5) is 13.2 Å². The molecule has 4 aromatic rings. The highest BCUT2D eigenvalue weighted by atomic mass is 19.3. The van der Waals surface area contributed by atoms with Gasteiger partial charge in [-0.3, -0.25) is 14.1 Å². The van der Waals surface area contributed by atoms with Gasteiger partial charge in [0, 0.05) is 25.3 Å². The minimum atomic E-state index is -2.85. The zero-order valence-corrected chi connectivity index (χ0v) is 18.5. The summed E-state index contributed by atoms with van der Waals surface area (Å²) in [4.78, 5) is 20.1. The zero-order chi connectivity index (χ0) is 23.8. The number of nitrogens with zero attached hydrogens (tertiary/aromatic N) is 6. The summed E-state index contributed by atoms with van der Waals surface area (Å²) >= 11 is 0. The average Bonchev–Trinajstić information content (AvgIpc) is 3.44. The van der Waals surface area contributed by atoms with E-state index >= 15 is 0 Å². The second-order valence-electron chi connectivity index (χ2n) is 8.32. The maximum Gasteiger partial charge on any atom is 0.329 e. The zero-order valence-electron chi connectivity index (χ0n) is 18.5. The highest BCUT2D eigenvalue weighted by Gasteiger charge is 2.25. The second-order valence-corrected chi connectivity index (χ2v) is 8.32. The molecule has 0 amide bonds. The first-order chi connectivity index (χ1) is 16.4. The topological polar surface area (TPSA) is 82.0 Å². The van der Waals surface area contributed by atoms with Crippen LogP contribution in [0.3, 0.4) is 0 Å². The number of pyridine rings is 1. The molecule has 0 unspecified atom stereocenters. The molecular weight excluding hydrogens is 449 g/mol. The first-order valence-electron chi connectivity index (χ1n) is 11.1. The van der Waals surface area contributed by atoms with Crippen LogP contribution in [-0.2, 0) is 6.54 Å². The minimum absolute atomic E-state index is 0.00209. The number of hydrogen-bond donors (Lipinski definition) is 0. The molecule has 1 aromatic carbocycles. The Kier molecular flexibility index (Phi) is 5.94. The van der Waals surface area contributed by atoms with Crippen molar-refractivity contribution in [2.75, 3.05) is 19.6 Å². The van der Waals surface area contributed by atoms with Crippen molar-refractivity contribution in [1.29, 1.82) is 0 Å². The van der Waals surface area contributed by atoms with Gasteiger partial charge in [-0.2, -0.15) is 8.78 Å². The van der Waals surface area contributed by atoms with Gasteiger partial charge in [-0.15, -0.1) is 10.2 Å². The van der Waals surface area contributed by atoms with E-state index in [-0.39, 0.29) is 24.2 Å². The predicted octanol–water partition coefficient (Wildman–Crippen LogP) is 4.03. The van der Waals surface area contributed by atoms with E-state index in [4.69, 9.17) is 4.42 Å². The summed E-state index contributed by atoms with van der Waals surface area (Å²) in [5.41, 5.74) is 1.96. The highest BCUT2D eigenvalue weighted by Crippen LogP contribution is 2.27. The maximum atomic E-state index is 14.1. The third-order valence-electron chi connectivity index (χ3n) is 6.31. The maximum absolute atomic E-state index is 14.1. The predicted molar refractivity (Wildman–Crippen MR) is 118 cm³/mol. The monoisotopic (exact) mass is 472 g/mol. The van der Waals surface area contributed by atoms with Gasteiger partial charge in [0.05, 0.1) is 28.8 Å². The van der Waals surface area contributed by atoms with Crippen molar-refractivity contribution in [3.63, 3.8) is 0 Å². The number of benzene rings is 1. The molecule has 178 valence electrons. The van der Waals surface area contributed by atoms with Crippen LogP contribution in [0.15, 0.2) is 45.7 Å². The Morgan fingerprint density at radius 1 is 1.12 bits per heavy atom. The number of halogens is 3. The average molecular weight is 472 g/mol. The van der Waals surface area contributed by atoms with E-state index in [0.717, 1.165) is 32.5 Å². The molecule has 1 aliphatic heterocycles. The smallest absolute Gasteiger partial charge is 0.329 e. The summed E-state index contributed by atoms with van der Waals surface area (Å²) in [5.74, 6) is -1.21. The van der Waals surface area contributed by atoms with Crippen LogP contribution in [0.2, 0.25) is 0 Å². The normalized spacial score (nSPS) is 15.6. The van der Waals surface area contributed by atoms with E-state index in [1.54, 1.807) is 27.3 Å². The molecular formula is C23H23F3N6O2. The van der Waals surface area contributed by atoms with E-state index < -0.39 is 18.1 Å². The van der Waals surface area contributed by atoms with Crippen LogP contribution in [0.5, 0.6) is 0 Å². The minimum Gasteiger partial charge on any atom is -0.415 e. The van der Waals surface area contributed by atoms with Crippen molar-refractivity contribution in [2.45, 2.75) is 38.8 Å². The quantitative estimate of drug-likeness (QED) is 0.422. The lowest BCUT2D eigenvalue weighted by Crippen LogP contribution is -2.37. The van der Waals surface area contributed by atoms with Crippen LogP contribution >= 0.6 is 0 Å². The molecule has 0 atom stereocenters. The molecule has 0 radical (unpaired) electrons. The second kappa shape index (κ2) is 9.05. The molecule has 1 saturated heterocycles. The standard InChI is InChI=1S/C23H23F3N6O2/c1-2-30-9-7-17(8-10-30)32-19-11-15(24)4-6-18(19)31(23(32)33)13-16-5-3-14(12-27-16)21-28-29-22(34-21)20(25)26/h3-6,11-12,17,20H,2,7-10,13H2,1H3. The summed E-state index contributed by atoms with van der Waals surface area (Å²) in [6, 6.07) is 7.65. The van der Waals surface area contributed by atoms with Crippen molar-refractivity contribution in [2.24, 2.45) is 0 Å². The van der Waals surface area contributed by atoms with Gasteiger partial charge in [-0.1, -0.05) is 6.92 Å². The summed E-state index contributed by atoms with van der Waals surface area (Å²) < 4.78 is 47.8. The van der Waals surface area contributed by atoms with Crippen LogP contribution in [-0.4, -0.2) is 48.8 Å². The Balaban J connectivity index is 1.46. The molecule has 3 aromatic heterocycles. The number of fused-ring (bicyclic) bond motifs is 1. The molecule has 8 nitrogen and oxygen atoms in total. The molecule has 0 N–H and O–H groups in total. The van der Waals surface area contributed by atoms with E-state index in [0.29, 0.717) is 22.3 Å². The molecule has 0 spiro atoms. The SMILES string of the molecule is CCN1CCC(n2c(=O)n(Cc3ccc(-c4nnc(C(F)F)o4)cn3)c3ccc(F)cc32)CC1. The summed E-state index contributed by atoms with van der Waals surface area (Å²) in [5, 5.41) is 6.93. The van der Waals surface area contributed by atoms with Crippen molar-refractivity contribution in [3.05, 3.63) is 64.4 Å². The van der Waals surface area contributed by atoms with E-state index in [9.17, 15) is 18.0 Å². The van der Waals surface area contributed by atoms with Crippen LogP contribution < -0.4 is 5.69 Å². The van der Waals surface area contributed by atoms with Gasteiger partial charge < -0.3 is 9.32 Å². The molecule has 1 aliphatic rings. The lowest BCUT2D eigenvalue weighted by Gasteiger charge is -2.31. The van der Waals surface area contributed by atoms with Crippen molar-refractivity contribution < 1.29 is 17.6 Å². The van der Waals surface area contributed by atoms with Gasteiger partial charge in [-0.05, 0) is 49.7 Å². The lowest BCUT2D eigenvalue weighted by atomic mass is 10.0. The molecule has 0 bridgehead atoms. The van der Waals surface area contributed by atoms with Gasteiger partial charge in [0.2, 0.25) is 5.89 Å². The number of alkyl halides is 2. The molecule has 4 heterocycles. The Hall–Kier alpha value is -3.47. The van der Waals surface area contributed by atoms with Gasteiger partial charge >= 0.3 is 12.1 Å². The van der Waals surface area contributed by atoms with Crippen molar-refractivity contribution >= 4 is 11.0 Å². The van der Waals surface area contributed by atoms with Crippen LogP contribution in [0.25, 0.3) is 22.5 Å². The Morgan fingerprint density at radius 2 is 1.91 bits per heavy atom. The first-order valence-corrected chi connectivity index (χ1v) is 11.1. The molecule has 0 aliphatic carbocycles. The fourth-order valence-electron chi connectivity index (χ4n) is 4.50. The number of piperidine rings is 1. The van der Waals surface area contributed by atoms with Gasteiger partial charge in [-0.25, -0.2) is 9.18 Å². The van der Waals surface area contributed by atoms with Gasteiger partial charge in [0.25, 0.3) is 5.89 Å². The lowest BCUT2D eigenvalue weighted by molar-refractivity contribution is 0.116. The van der Waals surface area contributed by atoms with Crippen molar-refractivity contribution in [1.82, 2.24) is 29.2 Å². The third kappa shape index (κ3) is 4.11. The van der Waals surface area contributed by atoms with E-state index in [2.05, 4.69) is 27.0 Å². The Morgan fingerprint density at radius 3 is 2.56 bits per heavy atom. The first kappa shape index (κ1) is 22.3. The Labute approximate surface area is 192 Å². The summed E-state index contributed by atoms with van der Waals surface area (Å²) in [6.07, 6.45) is 0.224. The van der Waals surface area contributed by atoms with Gasteiger partial charge in [0.1, 0.15) is 5.82 Å².